The highest BCUT2D eigenvalue weighted by Crippen LogP contribution is 2.25. The molecule has 0 unspecified atom stereocenters. The molecular formula is C21H38N6. The van der Waals surface area contributed by atoms with Crippen LogP contribution in [0.5, 0.6) is 0 Å². The molecule has 2 aliphatic rings. The van der Waals surface area contributed by atoms with Crippen molar-refractivity contribution in [3.63, 3.8) is 0 Å². The number of nitrogens with zero attached hydrogens (tertiary/aromatic N) is 4. The number of guanidine groups is 1. The van der Waals surface area contributed by atoms with Crippen LogP contribution in [0.25, 0.3) is 0 Å². The second-order valence-corrected chi connectivity index (χ2v) is 8.21. The van der Waals surface area contributed by atoms with Crippen LogP contribution in [-0.2, 0) is 13.6 Å². The molecule has 27 heavy (non-hydrogen) atoms. The second kappa shape index (κ2) is 9.58. The highest BCUT2D eigenvalue weighted by molar-refractivity contribution is 5.80. The van der Waals surface area contributed by atoms with Gasteiger partial charge in [-0.05, 0) is 46.5 Å². The van der Waals surface area contributed by atoms with Crippen molar-refractivity contribution in [3.8, 4) is 0 Å². The first-order valence-corrected chi connectivity index (χ1v) is 10.9. The van der Waals surface area contributed by atoms with E-state index >= 15 is 0 Å². The Labute approximate surface area is 164 Å². The average Bonchev–Trinajstić information content (AvgIpc) is 2.93. The van der Waals surface area contributed by atoms with Crippen molar-refractivity contribution < 1.29 is 0 Å². The molecule has 1 saturated heterocycles. The van der Waals surface area contributed by atoms with Crippen LogP contribution in [0.4, 0.5) is 0 Å². The molecule has 0 spiro atoms. The second-order valence-electron chi connectivity index (χ2n) is 8.21. The van der Waals surface area contributed by atoms with Crippen LogP contribution in [0.2, 0.25) is 0 Å². The van der Waals surface area contributed by atoms with E-state index in [9.17, 15) is 0 Å². The van der Waals surface area contributed by atoms with E-state index in [1.54, 1.807) is 0 Å². The number of aliphatic imine (C=N–C) groups is 1. The Morgan fingerprint density at radius 3 is 2.41 bits per heavy atom. The molecule has 6 nitrogen and oxygen atoms in total. The Bertz CT molecular complexity index is 621. The largest absolute Gasteiger partial charge is 0.357 e. The zero-order valence-electron chi connectivity index (χ0n) is 17.7. The monoisotopic (exact) mass is 374 g/mol. The van der Waals surface area contributed by atoms with Crippen LogP contribution in [0.15, 0.2) is 4.99 Å². The van der Waals surface area contributed by atoms with Crippen LogP contribution in [0, 0.1) is 13.8 Å². The lowest BCUT2D eigenvalue weighted by Gasteiger charge is -2.39. The SMILES string of the molecule is CCNC(=NCc1c(C)nn(C)c1C)NC1CCN(C2CCCCC2)CC1. The lowest BCUT2D eigenvalue weighted by molar-refractivity contribution is 0.119. The minimum atomic E-state index is 0.527. The van der Waals surface area contributed by atoms with Crippen LogP contribution in [0.3, 0.4) is 0 Å². The number of piperidine rings is 1. The zero-order chi connectivity index (χ0) is 19.2. The molecule has 1 aliphatic carbocycles. The normalized spacial score (nSPS) is 20.8. The van der Waals surface area contributed by atoms with Crippen LogP contribution in [0.1, 0.15) is 68.8 Å². The molecule has 152 valence electrons. The molecule has 2 fully saturated rings. The number of hydrogen-bond acceptors (Lipinski definition) is 3. The predicted molar refractivity (Wildman–Crippen MR) is 112 cm³/mol. The van der Waals surface area contributed by atoms with Gasteiger partial charge in [-0.3, -0.25) is 4.68 Å². The summed E-state index contributed by atoms with van der Waals surface area (Å²) in [4.78, 5) is 7.59. The molecule has 0 aromatic carbocycles. The van der Waals surface area contributed by atoms with E-state index in [4.69, 9.17) is 4.99 Å². The smallest absolute Gasteiger partial charge is 0.191 e. The number of aryl methyl sites for hydroxylation is 2. The first-order valence-electron chi connectivity index (χ1n) is 10.9. The lowest BCUT2D eigenvalue weighted by Crippen LogP contribution is -2.50. The Morgan fingerprint density at radius 1 is 1.11 bits per heavy atom. The summed E-state index contributed by atoms with van der Waals surface area (Å²) < 4.78 is 1.95. The third-order valence-electron chi connectivity index (χ3n) is 6.36. The van der Waals surface area contributed by atoms with Gasteiger partial charge in [0.05, 0.1) is 12.2 Å². The summed E-state index contributed by atoms with van der Waals surface area (Å²) in [6.45, 7) is 10.3. The third kappa shape index (κ3) is 5.24. The van der Waals surface area contributed by atoms with Crippen molar-refractivity contribution in [1.29, 1.82) is 0 Å². The molecule has 0 radical (unpaired) electrons. The number of aromatic nitrogens is 2. The Balaban J connectivity index is 1.53. The first-order chi connectivity index (χ1) is 13.1. The highest BCUT2D eigenvalue weighted by atomic mass is 15.3. The number of hydrogen-bond donors (Lipinski definition) is 2. The summed E-state index contributed by atoms with van der Waals surface area (Å²) in [5, 5.41) is 11.6. The Kier molecular flexibility index (Phi) is 7.16. The number of likely N-dealkylation sites (tertiary alicyclic amines) is 1. The molecular weight excluding hydrogens is 336 g/mol. The molecule has 1 aromatic heterocycles. The molecule has 3 rings (SSSR count). The zero-order valence-corrected chi connectivity index (χ0v) is 17.7. The fraction of sp³-hybridized carbons (Fsp3) is 0.810. The molecule has 0 amide bonds. The quantitative estimate of drug-likeness (QED) is 0.615. The number of nitrogens with one attached hydrogen (secondary N) is 2. The molecule has 6 heteroatoms. The van der Waals surface area contributed by atoms with E-state index in [0.717, 1.165) is 24.2 Å². The van der Waals surface area contributed by atoms with Crippen molar-refractivity contribution in [2.24, 2.45) is 12.0 Å². The maximum atomic E-state index is 4.85. The van der Waals surface area contributed by atoms with Crippen molar-refractivity contribution in [3.05, 3.63) is 17.0 Å². The van der Waals surface area contributed by atoms with E-state index in [-0.39, 0.29) is 0 Å². The summed E-state index contributed by atoms with van der Waals surface area (Å²) in [6, 6.07) is 1.37. The van der Waals surface area contributed by atoms with E-state index in [2.05, 4.69) is 41.4 Å². The van der Waals surface area contributed by atoms with Gasteiger partial charge in [0, 0.05) is 50.0 Å². The summed E-state index contributed by atoms with van der Waals surface area (Å²) in [5.74, 6) is 0.941. The van der Waals surface area contributed by atoms with Crippen LogP contribution < -0.4 is 10.6 Å². The standard InChI is InChI=1S/C21H38N6/c1-5-22-21(23-15-20-16(2)25-26(4)17(20)3)24-18-11-13-27(14-12-18)19-9-7-6-8-10-19/h18-19H,5-15H2,1-4H3,(H2,22,23,24). The van der Waals surface area contributed by atoms with E-state index in [0.29, 0.717) is 12.6 Å². The minimum Gasteiger partial charge on any atom is -0.357 e. The topological polar surface area (TPSA) is 57.5 Å². The lowest BCUT2D eigenvalue weighted by atomic mass is 9.92. The van der Waals surface area contributed by atoms with Gasteiger partial charge in [-0.15, -0.1) is 0 Å². The highest BCUT2D eigenvalue weighted by Gasteiger charge is 2.26. The van der Waals surface area contributed by atoms with Gasteiger partial charge in [-0.25, -0.2) is 4.99 Å². The molecule has 0 atom stereocenters. The van der Waals surface area contributed by atoms with E-state index < -0.39 is 0 Å². The third-order valence-corrected chi connectivity index (χ3v) is 6.36. The predicted octanol–water partition coefficient (Wildman–Crippen LogP) is 2.89. The molecule has 0 bridgehead atoms. The average molecular weight is 375 g/mol. The van der Waals surface area contributed by atoms with Crippen molar-refractivity contribution >= 4 is 5.96 Å². The summed E-state index contributed by atoms with van der Waals surface area (Å²) >= 11 is 0. The molecule has 2 heterocycles. The minimum absolute atomic E-state index is 0.527. The Morgan fingerprint density at radius 2 is 1.81 bits per heavy atom. The van der Waals surface area contributed by atoms with Crippen molar-refractivity contribution in [1.82, 2.24) is 25.3 Å². The van der Waals surface area contributed by atoms with E-state index in [1.807, 2.05) is 11.7 Å². The molecule has 1 saturated carbocycles. The van der Waals surface area contributed by atoms with Gasteiger partial charge in [0.1, 0.15) is 0 Å². The molecule has 1 aliphatic heterocycles. The van der Waals surface area contributed by atoms with Gasteiger partial charge >= 0.3 is 0 Å². The molecule has 2 N–H and O–H groups in total. The van der Waals surface area contributed by atoms with Crippen LogP contribution in [-0.4, -0.2) is 52.4 Å². The fourth-order valence-electron chi connectivity index (χ4n) is 4.57. The number of rotatable bonds is 5. The van der Waals surface area contributed by atoms with E-state index in [1.165, 1.54) is 69.3 Å². The van der Waals surface area contributed by atoms with Crippen LogP contribution >= 0.6 is 0 Å². The van der Waals surface area contributed by atoms with Crippen molar-refractivity contribution in [2.75, 3.05) is 19.6 Å². The van der Waals surface area contributed by atoms with Gasteiger partial charge in [-0.2, -0.15) is 5.10 Å². The van der Waals surface area contributed by atoms with Gasteiger partial charge in [0.25, 0.3) is 0 Å². The fourth-order valence-corrected chi connectivity index (χ4v) is 4.57. The van der Waals surface area contributed by atoms with Gasteiger partial charge in [0.2, 0.25) is 0 Å². The summed E-state index contributed by atoms with van der Waals surface area (Å²) in [7, 11) is 2.00. The summed E-state index contributed by atoms with van der Waals surface area (Å²) in [5.41, 5.74) is 3.52. The van der Waals surface area contributed by atoms with Gasteiger partial charge in [-0.1, -0.05) is 19.3 Å². The molecule has 1 aromatic rings. The Hall–Kier alpha value is -1.56. The van der Waals surface area contributed by atoms with Crippen molar-refractivity contribution in [2.45, 2.75) is 84.3 Å². The maximum Gasteiger partial charge on any atom is 0.191 e. The summed E-state index contributed by atoms with van der Waals surface area (Å²) in [6.07, 6.45) is 9.53. The first kappa shape index (κ1) is 20.2. The van der Waals surface area contributed by atoms with Gasteiger partial charge < -0.3 is 15.5 Å². The maximum absolute atomic E-state index is 4.85. The van der Waals surface area contributed by atoms with Gasteiger partial charge in [0.15, 0.2) is 5.96 Å².